The minimum absolute atomic E-state index is 0.396. The van der Waals surface area contributed by atoms with Gasteiger partial charge in [-0.3, -0.25) is 0 Å². The molecule has 0 aliphatic heterocycles. The van der Waals surface area contributed by atoms with Crippen molar-refractivity contribution in [2.75, 3.05) is 6.54 Å². The van der Waals surface area contributed by atoms with Gasteiger partial charge >= 0.3 is 0 Å². The van der Waals surface area contributed by atoms with Crippen molar-refractivity contribution in [3.8, 4) is 11.8 Å². The van der Waals surface area contributed by atoms with Crippen LogP contribution in [-0.2, 0) is 0 Å². The van der Waals surface area contributed by atoms with Crippen molar-refractivity contribution in [3.05, 3.63) is 29.8 Å². The highest BCUT2D eigenvalue weighted by molar-refractivity contribution is 5.29. The zero-order valence-electron chi connectivity index (χ0n) is 11.4. The van der Waals surface area contributed by atoms with Gasteiger partial charge in [-0.15, -0.1) is 0 Å². The van der Waals surface area contributed by atoms with Crippen molar-refractivity contribution in [1.29, 1.82) is 5.26 Å². The molecule has 3 heteroatoms. The second-order valence-corrected chi connectivity index (χ2v) is 4.37. The molecule has 0 bridgehead atoms. The molecule has 2 atom stereocenters. The van der Waals surface area contributed by atoms with Crippen LogP contribution in [0, 0.1) is 11.3 Å². The van der Waals surface area contributed by atoms with Gasteiger partial charge in [0.15, 0.2) is 6.10 Å². The van der Waals surface area contributed by atoms with Crippen LogP contribution >= 0.6 is 0 Å². The Balaban J connectivity index is 2.66. The van der Waals surface area contributed by atoms with E-state index in [9.17, 15) is 0 Å². The van der Waals surface area contributed by atoms with E-state index in [4.69, 9.17) is 10.00 Å². The molecular formula is C15H22N2O. The maximum atomic E-state index is 8.69. The Bertz CT molecular complexity index is 380. The zero-order valence-corrected chi connectivity index (χ0v) is 11.4. The van der Waals surface area contributed by atoms with Gasteiger partial charge in [-0.1, -0.05) is 26.0 Å². The third-order valence-electron chi connectivity index (χ3n) is 2.83. The van der Waals surface area contributed by atoms with Crippen LogP contribution in [-0.4, -0.2) is 12.6 Å². The van der Waals surface area contributed by atoms with Crippen LogP contribution in [0.1, 0.15) is 45.2 Å². The van der Waals surface area contributed by atoms with Gasteiger partial charge in [-0.2, -0.15) is 5.26 Å². The van der Waals surface area contributed by atoms with Crippen molar-refractivity contribution in [2.24, 2.45) is 0 Å². The summed E-state index contributed by atoms with van der Waals surface area (Å²) in [6, 6.07) is 10.4. The molecule has 1 aromatic rings. The summed E-state index contributed by atoms with van der Waals surface area (Å²) >= 11 is 0. The highest BCUT2D eigenvalue weighted by atomic mass is 16.5. The Kier molecular flexibility index (Phi) is 6.24. The number of nitrogens with one attached hydrogen (secondary N) is 1. The van der Waals surface area contributed by atoms with E-state index in [0.29, 0.717) is 6.04 Å². The van der Waals surface area contributed by atoms with Crippen molar-refractivity contribution >= 4 is 0 Å². The van der Waals surface area contributed by atoms with Gasteiger partial charge < -0.3 is 10.1 Å². The lowest BCUT2D eigenvalue weighted by Gasteiger charge is -2.17. The molecule has 1 N–H and O–H groups in total. The lowest BCUT2D eigenvalue weighted by molar-refractivity contribution is 0.276. The molecule has 0 aliphatic carbocycles. The van der Waals surface area contributed by atoms with Gasteiger partial charge in [0.25, 0.3) is 0 Å². The van der Waals surface area contributed by atoms with E-state index in [0.717, 1.165) is 25.1 Å². The Labute approximate surface area is 110 Å². The predicted molar refractivity (Wildman–Crippen MR) is 73.5 cm³/mol. The molecule has 0 fully saturated rings. The second-order valence-electron chi connectivity index (χ2n) is 4.37. The van der Waals surface area contributed by atoms with Gasteiger partial charge in [0.05, 0.1) is 0 Å². The molecule has 0 aliphatic rings. The van der Waals surface area contributed by atoms with E-state index in [1.807, 2.05) is 12.1 Å². The summed E-state index contributed by atoms with van der Waals surface area (Å²) in [5.41, 5.74) is 1.27. The lowest BCUT2D eigenvalue weighted by atomic mass is 10.0. The SMILES string of the molecule is CCCNC(CC)c1ccc(OC(C)C#N)cc1. The highest BCUT2D eigenvalue weighted by Gasteiger charge is 2.08. The molecule has 0 heterocycles. The van der Waals surface area contributed by atoms with Crippen LogP contribution < -0.4 is 10.1 Å². The summed E-state index contributed by atoms with van der Waals surface area (Å²) in [5, 5.41) is 12.2. The molecule has 18 heavy (non-hydrogen) atoms. The molecule has 0 amide bonds. The highest BCUT2D eigenvalue weighted by Crippen LogP contribution is 2.20. The van der Waals surface area contributed by atoms with Crippen LogP contribution in [0.5, 0.6) is 5.75 Å². The molecule has 2 unspecified atom stereocenters. The van der Waals surface area contributed by atoms with E-state index in [2.05, 4.69) is 37.4 Å². The number of nitrogens with zero attached hydrogens (tertiary/aromatic N) is 1. The topological polar surface area (TPSA) is 45.0 Å². The van der Waals surface area contributed by atoms with Crippen molar-refractivity contribution < 1.29 is 4.74 Å². The second kappa shape index (κ2) is 7.73. The lowest BCUT2D eigenvalue weighted by Crippen LogP contribution is -2.21. The average Bonchev–Trinajstić information content (AvgIpc) is 2.41. The standard InChI is InChI=1S/C15H22N2O/c1-4-10-17-15(5-2)13-6-8-14(9-7-13)18-12(3)11-16/h6-9,12,15,17H,4-5,10H2,1-3H3. The first-order valence-corrected chi connectivity index (χ1v) is 6.60. The van der Waals surface area contributed by atoms with Gasteiger partial charge in [0, 0.05) is 6.04 Å². The maximum absolute atomic E-state index is 8.69. The van der Waals surface area contributed by atoms with Crippen LogP contribution in [0.3, 0.4) is 0 Å². The molecule has 98 valence electrons. The van der Waals surface area contributed by atoms with E-state index in [1.165, 1.54) is 5.56 Å². The Morgan fingerprint density at radius 3 is 2.44 bits per heavy atom. The third kappa shape index (κ3) is 4.38. The summed E-state index contributed by atoms with van der Waals surface area (Å²) in [6.45, 7) is 7.11. The smallest absolute Gasteiger partial charge is 0.181 e. The Morgan fingerprint density at radius 1 is 1.28 bits per heavy atom. The first-order valence-electron chi connectivity index (χ1n) is 6.60. The Hall–Kier alpha value is -1.53. The van der Waals surface area contributed by atoms with Crippen LogP contribution in [0.4, 0.5) is 0 Å². The number of ether oxygens (including phenoxy) is 1. The molecule has 1 rings (SSSR count). The van der Waals surface area contributed by atoms with Gasteiger partial charge in [-0.05, 0) is 44.0 Å². The minimum atomic E-state index is -0.406. The summed E-state index contributed by atoms with van der Waals surface area (Å²) in [5.74, 6) is 0.748. The quantitative estimate of drug-likeness (QED) is 0.801. The van der Waals surface area contributed by atoms with Gasteiger partial charge in [-0.25, -0.2) is 0 Å². The molecule has 0 saturated heterocycles. The summed E-state index contributed by atoms with van der Waals surface area (Å²) < 4.78 is 5.43. The fourth-order valence-corrected chi connectivity index (χ4v) is 1.83. The van der Waals surface area contributed by atoms with Crippen molar-refractivity contribution in [3.63, 3.8) is 0 Å². The van der Waals surface area contributed by atoms with Crippen LogP contribution in [0.25, 0.3) is 0 Å². The first kappa shape index (κ1) is 14.5. The normalized spacial score (nSPS) is 13.7. The summed E-state index contributed by atoms with van der Waals surface area (Å²) in [7, 11) is 0. The summed E-state index contributed by atoms with van der Waals surface area (Å²) in [6.07, 6.45) is 1.79. The predicted octanol–water partition coefficient (Wildman–Crippen LogP) is 3.43. The van der Waals surface area contributed by atoms with Gasteiger partial charge in [0.2, 0.25) is 0 Å². The monoisotopic (exact) mass is 246 g/mol. The summed E-state index contributed by atoms with van der Waals surface area (Å²) in [4.78, 5) is 0. The molecule has 0 aromatic heterocycles. The van der Waals surface area contributed by atoms with E-state index < -0.39 is 6.10 Å². The first-order chi connectivity index (χ1) is 8.71. The number of hydrogen-bond acceptors (Lipinski definition) is 3. The third-order valence-corrected chi connectivity index (χ3v) is 2.83. The zero-order chi connectivity index (χ0) is 13.4. The molecular weight excluding hydrogens is 224 g/mol. The van der Waals surface area contributed by atoms with E-state index in [1.54, 1.807) is 6.92 Å². The average molecular weight is 246 g/mol. The van der Waals surface area contributed by atoms with Crippen molar-refractivity contribution in [2.45, 2.75) is 45.8 Å². The van der Waals surface area contributed by atoms with E-state index >= 15 is 0 Å². The minimum Gasteiger partial charge on any atom is -0.476 e. The molecule has 0 saturated carbocycles. The fourth-order valence-electron chi connectivity index (χ4n) is 1.83. The van der Waals surface area contributed by atoms with Crippen LogP contribution in [0.15, 0.2) is 24.3 Å². The molecule has 3 nitrogen and oxygen atoms in total. The fraction of sp³-hybridized carbons (Fsp3) is 0.533. The van der Waals surface area contributed by atoms with Crippen LogP contribution in [0.2, 0.25) is 0 Å². The Morgan fingerprint density at radius 2 is 1.94 bits per heavy atom. The van der Waals surface area contributed by atoms with Gasteiger partial charge in [0.1, 0.15) is 11.8 Å². The molecule has 0 spiro atoms. The number of benzene rings is 1. The largest absolute Gasteiger partial charge is 0.476 e. The molecule has 1 aromatic carbocycles. The maximum Gasteiger partial charge on any atom is 0.181 e. The number of rotatable bonds is 7. The molecule has 0 radical (unpaired) electrons. The van der Waals surface area contributed by atoms with E-state index in [-0.39, 0.29) is 0 Å². The number of nitriles is 1. The number of hydrogen-bond donors (Lipinski definition) is 1. The van der Waals surface area contributed by atoms with Crippen molar-refractivity contribution in [1.82, 2.24) is 5.32 Å².